The van der Waals surface area contributed by atoms with Crippen LogP contribution in [0.15, 0.2) is 29.3 Å². The molecule has 0 aromatic heterocycles. The molecule has 1 heterocycles. The molecule has 2 fully saturated rings. The van der Waals surface area contributed by atoms with E-state index in [1.807, 2.05) is 0 Å². The van der Waals surface area contributed by atoms with Crippen molar-refractivity contribution in [2.24, 2.45) is 4.99 Å². The number of phenolic OH excluding ortho intramolecular Hbond substituents is 1. The molecule has 4 N–H and O–H groups in total. The number of rotatable bonds is 8. The Bertz CT molecular complexity index is 717. The minimum atomic E-state index is -0.155. The summed E-state index contributed by atoms with van der Waals surface area (Å²) in [7, 11) is 0. The van der Waals surface area contributed by atoms with Crippen LogP contribution in [0.5, 0.6) is 5.75 Å². The summed E-state index contributed by atoms with van der Waals surface area (Å²) >= 11 is 0. The van der Waals surface area contributed by atoms with Crippen molar-refractivity contribution in [1.29, 1.82) is 0 Å². The summed E-state index contributed by atoms with van der Waals surface area (Å²) < 4.78 is 5.57. The standard InChI is InChI=1S/C23H37N5O3.HI/c1-2-24-22(26-13-12-25-21(30)19-6-8-20(29)9-7-19)27-18-23(10-4-3-5-11-23)28-14-16-31-17-15-28;/h6-9,29H,2-5,10-18H2,1H3,(H,25,30)(H2,24,26,27);1H. The molecule has 1 aromatic rings. The van der Waals surface area contributed by atoms with Crippen molar-refractivity contribution >= 4 is 35.8 Å². The highest BCUT2D eigenvalue weighted by molar-refractivity contribution is 14.0. The van der Waals surface area contributed by atoms with Crippen LogP contribution in [0.1, 0.15) is 49.4 Å². The van der Waals surface area contributed by atoms with Crippen molar-refractivity contribution in [2.45, 2.75) is 44.6 Å². The van der Waals surface area contributed by atoms with Crippen molar-refractivity contribution in [3.05, 3.63) is 29.8 Å². The molecular weight excluding hydrogens is 521 g/mol. The molecular formula is C23H38IN5O3. The number of nitrogens with zero attached hydrogens (tertiary/aromatic N) is 2. The summed E-state index contributed by atoms with van der Waals surface area (Å²) in [4.78, 5) is 19.7. The molecule has 1 amide bonds. The second kappa shape index (κ2) is 13.8. The number of aromatic hydroxyl groups is 1. The Hall–Kier alpha value is -1.59. The summed E-state index contributed by atoms with van der Waals surface area (Å²) in [5.41, 5.74) is 0.667. The number of amides is 1. The zero-order chi connectivity index (χ0) is 21.9. The molecule has 9 heteroatoms. The molecule has 2 aliphatic rings. The summed E-state index contributed by atoms with van der Waals surface area (Å²) in [6, 6.07) is 6.25. The lowest BCUT2D eigenvalue weighted by Crippen LogP contribution is -2.56. The molecule has 1 aliphatic heterocycles. The van der Waals surface area contributed by atoms with Crippen LogP contribution in [0.2, 0.25) is 0 Å². The lowest BCUT2D eigenvalue weighted by molar-refractivity contribution is -0.0333. The number of hydrogen-bond acceptors (Lipinski definition) is 5. The van der Waals surface area contributed by atoms with Crippen molar-refractivity contribution in [3.63, 3.8) is 0 Å². The minimum absolute atomic E-state index is 0. The lowest BCUT2D eigenvalue weighted by atomic mass is 9.80. The second-order valence-corrected chi connectivity index (χ2v) is 8.31. The Balaban J connectivity index is 0.00000363. The van der Waals surface area contributed by atoms with Crippen LogP contribution in [0.4, 0.5) is 0 Å². The van der Waals surface area contributed by atoms with Gasteiger partial charge in [-0.15, -0.1) is 24.0 Å². The van der Waals surface area contributed by atoms with Crippen molar-refractivity contribution in [2.75, 3.05) is 52.5 Å². The van der Waals surface area contributed by atoms with E-state index in [4.69, 9.17) is 9.73 Å². The fraction of sp³-hybridized carbons (Fsp3) is 0.652. The average molecular weight is 559 g/mol. The lowest BCUT2D eigenvalue weighted by Gasteiger charge is -2.47. The van der Waals surface area contributed by atoms with E-state index in [9.17, 15) is 9.90 Å². The first-order chi connectivity index (χ1) is 15.1. The molecule has 1 saturated heterocycles. The summed E-state index contributed by atoms with van der Waals surface area (Å²) in [5, 5.41) is 18.9. The molecule has 0 atom stereocenters. The molecule has 0 bridgehead atoms. The number of carbonyl (C=O) groups excluding carboxylic acids is 1. The highest BCUT2D eigenvalue weighted by Gasteiger charge is 2.38. The Morgan fingerprint density at radius 3 is 2.38 bits per heavy atom. The minimum Gasteiger partial charge on any atom is -0.508 e. The molecule has 0 unspecified atom stereocenters. The first-order valence-corrected chi connectivity index (χ1v) is 11.6. The van der Waals surface area contributed by atoms with Crippen molar-refractivity contribution < 1.29 is 14.6 Å². The average Bonchev–Trinajstić information content (AvgIpc) is 2.81. The number of halogens is 1. The Morgan fingerprint density at radius 1 is 1.06 bits per heavy atom. The number of guanidine groups is 1. The third-order valence-electron chi connectivity index (χ3n) is 6.17. The highest BCUT2D eigenvalue weighted by Crippen LogP contribution is 2.34. The zero-order valence-electron chi connectivity index (χ0n) is 19.1. The van der Waals surface area contributed by atoms with E-state index in [2.05, 4.69) is 27.8 Å². The van der Waals surface area contributed by atoms with Crippen LogP contribution < -0.4 is 16.0 Å². The monoisotopic (exact) mass is 559 g/mol. The van der Waals surface area contributed by atoms with E-state index < -0.39 is 0 Å². The number of aliphatic imine (C=N–C) groups is 1. The largest absolute Gasteiger partial charge is 0.508 e. The van der Waals surface area contributed by atoms with E-state index in [1.54, 1.807) is 12.1 Å². The third kappa shape index (κ3) is 7.77. The van der Waals surface area contributed by atoms with E-state index in [-0.39, 0.29) is 41.2 Å². The third-order valence-corrected chi connectivity index (χ3v) is 6.17. The smallest absolute Gasteiger partial charge is 0.251 e. The van der Waals surface area contributed by atoms with Gasteiger partial charge in [0.25, 0.3) is 5.91 Å². The van der Waals surface area contributed by atoms with Crippen LogP contribution in [-0.2, 0) is 4.74 Å². The molecule has 1 saturated carbocycles. The van der Waals surface area contributed by atoms with Gasteiger partial charge in [0.15, 0.2) is 5.96 Å². The number of hydrogen-bond donors (Lipinski definition) is 4. The van der Waals surface area contributed by atoms with Gasteiger partial charge in [-0.2, -0.15) is 0 Å². The summed E-state index contributed by atoms with van der Waals surface area (Å²) in [6.07, 6.45) is 6.23. The van der Waals surface area contributed by atoms with E-state index in [1.165, 1.54) is 44.2 Å². The Labute approximate surface area is 208 Å². The number of morpholine rings is 1. The summed E-state index contributed by atoms with van der Waals surface area (Å²) in [5.74, 6) is 0.786. The first-order valence-electron chi connectivity index (χ1n) is 11.6. The molecule has 0 radical (unpaired) electrons. The topological polar surface area (TPSA) is 98.2 Å². The fourth-order valence-electron chi connectivity index (χ4n) is 4.46. The SMILES string of the molecule is CCNC(=NCC1(N2CCOCC2)CCCCC1)NCCNC(=O)c1ccc(O)cc1.I. The molecule has 180 valence electrons. The van der Waals surface area contributed by atoms with Gasteiger partial charge < -0.3 is 25.8 Å². The normalized spacial score (nSPS) is 19.0. The van der Waals surface area contributed by atoms with Crippen LogP contribution in [0.3, 0.4) is 0 Å². The maximum Gasteiger partial charge on any atom is 0.251 e. The van der Waals surface area contributed by atoms with Gasteiger partial charge >= 0.3 is 0 Å². The molecule has 1 aromatic carbocycles. The van der Waals surface area contributed by atoms with E-state index >= 15 is 0 Å². The van der Waals surface area contributed by atoms with Gasteiger partial charge in [-0.05, 0) is 44.0 Å². The summed E-state index contributed by atoms with van der Waals surface area (Å²) in [6.45, 7) is 8.29. The first kappa shape index (κ1) is 26.7. The van der Waals surface area contributed by atoms with Crippen LogP contribution in [0, 0.1) is 0 Å². The number of nitrogens with one attached hydrogen (secondary N) is 3. The second-order valence-electron chi connectivity index (χ2n) is 8.31. The predicted octanol–water partition coefficient (Wildman–Crippen LogP) is 2.33. The molecule has 0 spiro atoms. The maximum atomic E-state index is 12.2. The van der Waals surface area contributed by atoms with Gasteiger partial charge in [0.2, 0.25) is 0 Å². The number of carbonyl (C=O) groups is 1. The van der Waals surface area contributed by atoms with Crippen LogP contribution >= 0.6 is 24.0 Å². The Kier molecular flexibility index (Phi) is 11.5. The van der Waals surface area contributed by atoms with Gasteiger partial charge in [-0.25, -0.2) is 0 Å². The predicted molar refractivity (Wildman–Crippen MR) is 138 cm³/mol. The van der Waals surface area contributed by atoms with Gasteiger partial charge in [0.1, 0.15) is 5.75 Å². The van der Waals surface area contributed by atoms with Gasteiger partial charge in [-0.1, -0.05) is 19.3 Å². The van der Waals surface area contributed by atoms with Gasteiger partial charge in [0.05, 0.1) is 19.8 Å². The molecule has 8 nitrogen and oxygen atoms in total. The fourth-order valence-corrected chi connectivity index (χ4v) is 4.46. The van der Waals surface area contributed by atoms with Gasteiger partial charge in [0, 0.05) is 43.8 Å². The maximum absolute atomic E-state index is 12.2. The number of ether oxygens (including phenoxy) is 1. The van der Waals surface area contributed by atoms with E-state index in [0.29, 0.717) is 18.7 Å². The quantitative estimate of drug-likeness (QED) is 0.169. The van der Waals surface area contributed by atoms with Crippen LogP contribution in [0.25, 0.3) is 0 Å². The molecule has 3 rings (SSSR count). The molecule has 32 heavy (non-hydrogen) atoms. The number of benzene rings is 1. The van der Waals surface area contributed by atoms with Crippen LogP contribution in [-0.4, -0.2) is 79.9 Å². The number of phenols is 1. The van der Waals surface area contributed by atoms with Crippen molar-refractivity contribution in [3.8, 4) is 5.75 Å². The molecule has 1 aliphatic carbocycles. The zero-order valence-corrected chi connectivity index (χ0v) is 21.4. The van der Waals surface area contributed by atoms with E-state index in [0.717, 1.165) is 45.4 Å². The van der Waals surface area contributed by atoms with Gasteiger partial charge in [-0.3, -0.25) is 14.7 Å². The highest BCUT2D eigenvalue weighted by atomic mass is 127. The Morgan fingerprint density at radius 2 is 1.72 bits per heavy atom. The van der Waals surface area contributed by atoms with Crippen molar-refractivity contribution in [1.82, 2.24) is 20.9 Å².